The lowest BCUT2D eigenvalue weighted by Crippen LogP contribution is -2.01. The van der Waals surface area contributed by atoms with Gasteiger partial charge in [-0.15, -0.1) is 0 Å². The van der Waals surface area contributed by atoms with Gasteiger partial charge in [-0.25, -0.2) is 4.98 Å². The van der Waals surface area contributed by atoms with Crippen LogP contribution in [0.15, 0.2) is 30.6 Å². The predicted molar refractivity (Wildman–Crippen MR) is 54.7 cm³/mol. The minimum absolute atomic E-state index is 0.480. The van der Waals surface area contributed by atoms with Gasteiger partial charge in [-0.1, -0.05) is 6.07 Å². The van der Waals surface area contributed by atoms with Gasteiger partial charge in [0.2, 0.25) is 5.95 Å². The van der Waals surface area contributed by atoms with Crippen molar-refractivity contribution in [3.63, 3.8) is 0 Å². The molecule has 5 heteroatoms. The molecule has 0 fully saturated rings. The van der Waals surface area contributed by atoms with Crippen molar-refractivity contribution in [1.29, 1.82) is 0 Å². The summed E-state index contributed by atoms with van der Waals surface area (Å²) in [6.45, 7) is 0.588. The lowest BCUT2D eigenvalue weighted by molar-refractivity contribution is 0.585. The lowest BCUT2D eigenvalue weighted by atomic mass is 10.3. The van der Waals surface area contributed by atoms with Crippen molar-refractivity contribution in [2.24, 2.45) is 7.05 Å². The van der Waals surface area contributed by atoms with Crippen molar-refractivity contribution >= 4 is 5.82 Å². The molecule has 0 saturated carbocycles. The molecule has 2 rings (SSSR count). The van der Waals surface area contributed by atoms with E-state index in [1.54, 1.807) is 23.0 Å². The van der Waals surface area contributed by atoms with Gasteiger partial charge in [-0.05, 0) is 12.1 Å². The van der Waals surface area contributed by atoms with Crippen LogP contribution in [0.25, 0.3) is 0 Å². The highest BCUT2D eigenvalue weighted by atomic mass is 19.1. The standard InChI is InChI=1S/C10H11FN4/c1-15-7-8(6-13-15)5-12-10-4-2-3-9(11)14-10/h2-4,6-7H,5H2,1H3,(H,12,14). The zero-order chi connectivity index (χ0) is 10.7. The van der Waals surface area contributed by atoms with Crippen molar-refractivity contribution in [2.45, 2.75) is 6.54 Å². The van der Waals surface area contributed by atoms with Gasteiger partial charge in [0.05, 0.1) is 6.20 Å². The minimum Gasteiger partial charge on any atom is -0.366 e. The summed E-state index contributed by atoms with van der Waals surface area (Å²) in [5, 5.41) is 7.04. The molecule has 0 spiro atoms. The second-order valence-electron chi connectivity index (χ2n) is 3.22. The molecule has 78 valence electrons. The monoisotopic (exact) mass is 206 g/mol. The first-order valence-electron chi connectivity index (χ1n) is 4.58. The number of hydrogen-bond donors (Lipinski definition) is 1. The number of aryl methyl sites for hydroxylation is 1. The van der Waals surface area contributed by atoms with Crippen molar-refractivity contribution in [2.75, 3.05) is 5.32 Å². The molecule has 15 heavy (non-hydrogen) atoms. The summed E-state index contributed by atoms with van der Waals surface area (Å²) in [5.74, 6) is 0.0463. The van der Waals surface area contributed by atoms with E-state index in [0.29, 0.717) is 12.4 Å². The number of nitrogens with zero attached hydrogens (tertiary/aromatic N) is 3. The summed E-state index contributed by atoms with van der Waals surface area (Å²) >= 11 is 0. The molecule has 2 aromatic rings. The summed E-state index contributed by atoms with van der Waals surface area (Å²) in [6.07, 6.45) is 3.65. The fraction of sp³-hybridized carbons (Fsp3) is 0.200. The Labute approximate surface area is 86.8 Å². The number of rotatable bonds is 3. The van der Waals surface area contributed by atoms with Gasteiger partial charge < -0.3 is 5.32 Å². The molecule has 0 aliphatic heterocycles. The van der Waals surface area contributed by atoms with E-state index in [-0.39, 0.29) is 0 Å². The van der Waals surface area contributed by atoms with Crippen LogP contribution in [0.4, 0.5) is 10.2 Å². The van der Waals surface area contributed by atoms with Crippen molar-refractivity contribution in [1.82, 2.24) is 14.8 Å². The number of nitrogens with one attached hydrogen (secondary N) is 1. The first-order valence-corrected chi connectivity index (χ1v) is 4.58. The molecule has 0 aromatic carbocycles. The van der Waals surface area contributed by atoms with Crippen LogP contribution in [0.2, 0.25) is 0 Å². The minimum atomic E-state index is -0.480. The predicted octanol–water partition coefficient (Wildman–Crippen LogP) is 1.57. The molecule has 0 aliphatic rings. The molecule has 0 bridgehead atoms. The zero-order valence-electron chi connectivity index (χ0n) is 8.31. The normalized spacial score (nSPS) is 10.3. The van der Waals surface area contributed by atoms with Crippen molar-refractivity contribution < 1.29 is 4.39 Å². The van der Waals surface area contributed by atoms with Crippen LogP contribution >= 0.6 is 0 Å². The van der Waals surface area contributed by atoms with Crippen LogP contribution < -0.4 is 5.32 Å². The summed E-state index contributed by atoms with van der Waals surface area (Å²) < 4.78 is 14.4. The SMILES string of the molecule is Cn1cc(CNc2cccc(F)n2)cn1. The molecule has 0 amide bonds. The topological polar surface area (TPSA) is 42.7 Å². The molecule has 0 saturated heterocycles. The van der Waals surface area contributed by atoms with E-state index >= 15 is 0 Å². The number of pyridine rings is 1. The van der Waals surface area contributed by atoms with Crippen molar-refractivity contribution in [3.05, 3.63) is 42.1 Å². The second kappa shape index (κ2) is 4.08. The first-order chi connectivity index (χ1) is 7.24. The summed E-state index contributed by atoms with van der Waals surface area (Å²) in [7, 11) is 1.85. The third-order valence-corrected chi connectivity index (χ3v) is 1.95. The Balaban J connectivity index is 1.99. The average molecular weight is 206 g/mol. The molecule has 0 unspecified atom stereocenters. The zero-order valence-corrected chi connectivity index (χ0v) is 8.31. The van der Waals surface area contributed by atoms with E-state index in [4.69, 9.17) is 0 Å². The maximum Gasteiger partial charge on any atom is 0.214 e. The fourth-order valence-electron chi connectivity index (χ4n) is 1.26. The van der Waals surface area contributed by atoms with Gasteiger partial charge in [-0.2, -0.15) is 9.49 Å². The van der Waals surface area contributed by atoms with E-state index < -0.39 is 5.95 Å². The highest BCUT2D eigenvalue weighted by Crippen LogP contribution is 2.05. The highest BCUT2D eigenvalue weighted by molar-refractivity contribution is 5.34. The Hall–Kier alpha value is -1.91. The molecular formula is C10H11FN4. The molecule has 0 aliphatic carbocycles. The Kier molecular flexibility index (Phi) is 2.62. The molecule has 1 N–H and O–H groups in total. The van der Waals surface area contributed by atoms with E-state index in [9.17, 15) is 4.39 Å². The molecule has 0 atom stereocenters. The van der Waals surface area contributed by atoms with E-state index in [0.717, 1.165) is 5.56 Å². The van der Waals surface area contributed by atoms with Gasteiger partial charge in [0.15, 0.2) is 0 Å². The number of halogens is 1. The third-order valence-electron chi connectivity index (χ3n) is 1.95. The van der Waals surface area contributed by atoms with Crippen LogP contribution in [0.1, 0.15) is 5.56 Å². The third kappa shape index (κ3) is 2.52. The van der Waals surface area contributed by atoms with E-state index in [2.05, 4.69) is 15.4 Å². The van der Waals surface area contributed by atoms with Gasteiger partial charge in [0, 0.05) is 25.4 Å². The van der Waals surface area contributed by atoms with E-state index in [1.165, 1.54) is 6.07 Å². The van der Waals surface area contributed by atoms with Crippen LogP contribution in [-0.4, -0.2) is 14.8 Å². The Morgan fingerprint density at radius 2 is 2.33 bits per heavy atom. The number of aromatic nitrogens is 3. The molecule has 2 heterocycles. The lowest BCUT2D eigenvalue weighted by Gasteiger charge is -2.02. The van der Waals surface area contributed by atoms with Crippen LogP contribution in [-0.2, 0) is 13.6 Å². The van der Waals surface area contributed by atoms with Gasteiger partial charge in [0.1, 0.15) is 5.82 Å². The maximum atomic E-state index is 12.7. The Morgan fingerprint density at radius 1 is 1.47 bits per heavy atom. The van der Waals surface area contributed by atoms with Gasteiger partial charge in [0.25, 0.3) is 0 Å². The Morgan fingerprint density at radius 3 is 3.00 bits per heavy atom. The molecule has 0 radical (unpaired) electrons. The van der Waals surface area contributed by atoms with Crippen LogP contribution in [0, 0.1) is 5.95 Å². The molecule has 2 aromatic heterocycles. The molecular weight excluding hydrogens is 195 g/mol. The second-order valence-corrected chi connectivity index (χ2v) is 3.22. The highest BCUT2D eigenvalue weighted by Gasteiger charge is 1.98. The summed E-state index contributed by atoms with van der Waals surface area (Å²) in [6, 6.07) is 4.66. The quantitative estimate of drug-likeness (QED) is 0.775. The molecule has 4 nitrogen and oxygen atoms in total. The largest absolute Gasteiger partial charge is 0.366 e. The maximum absolute atomic E-state index is 12.7. The van der Waals surface area contributed by atoms with Crippen LogP contribution in [0.3, 0.4) is 0 Å². The average Bonchev–Trinajstić information content (AvgIpc) is 2.62. The number of hydrogen-bond acceptors (Lipinski definition) is 3. The van der Waals surface area contributed by atoms with E-state index in [1.807, 2.05) is 13.2 Å². The smallest absolute Gasteiger partial charge is 0.214 e. The Bertz CT molecular complexity index is 452. The number of anilines is 1. The summed E-state index contributed by atoms with van der Waals surface area (Å²) in [5.41, 5.74) is 1.03. The fourth-order valence-corrected chi connectivity index (χ4v) is 1.26. The summed E-state index contributed by atoms with van der Waals surface area (Å²) in [4.78, 5) is 3.69. The van der Waals surface area contributed by atoms with Crippen molar-refractivity contribution in [3.8, 4) is 0 Å². The van der Waals surface area contributed by atoms with Crippen LogP contribution in [0.5, 0.6) is 0 Å². The first kappa shape index (κ1) is 9.64. The van der Waals surface area contributed by atoms with Gasteiger partial charge >= 0.3 is 0 Å². The van der Waals surface area contributed by atoms with Gasteiger partial charge in [-0.3, -0.25) is 4.68 Å².